The Hall–Kier alpha value is -2.89. The second-order valence-electron chi connectivity index (χ2n) is 7.91. The van der Waals surface area contributed by atoms with Gasteiger partial charge in [-0.2, -0.15) is 8.78 Å². The molecule has 2 aromatic carbocycles. The fourth-order valence-corrected chi connectivity index (χ4v) is 5.18. The second-order valence-corrected chi connectivity index (χ2v) is 9.92. The van der Waals surface area contributed by atoms with E-state index in [1.807, 2.05) is 6.07 Å². The molecule has 0 amide bonds. The number of hydrogen-bond donors (Lipinski definition) is 0. The molecule has 1 fully saturated rings. The molecule has 11 heteroatoms. The lowest BCUT2D eigenvalue weighted by atomic mass is 10.1. The minimum Gasteiger partial charge on any atom is -0.415 e. The Balaban J connectivity index is 1.50. The van der Waals surface area contributed by atoms with Gasteiger partial charge < -0.3 is 9.15 Å². The summed E-state index contributed by atoms with van der Waals surface area (Å²) < 4.78 is 64.0. The summed E-state index contributed by atoms with van der Waals surface area (Å²) in [5.74, 6) is -0.773. The van der Waals surface area contributed by atoms with Crippen molar-refractivity contribution in [3.63, 3.8) is 0 Å². The van der Waals surface area contributed by atoms with Crippen LogP contribution in [0.15, 0.2) is 59.0 Å². The number of hydrogen-bond acceptors (Lipinski definition) is 7. The van der Waals surface area contributed by atoms with E-state index in [4.69, 9.17) is 9.15 Å². The highest BCUT2D eigenvalue weighted by Gasteiger charge is 2.24. The first kappa shape index (κ1) is 24.2. The highest BCUT2D eigenvalue weighted by molar-refractivity contribution is 7.92. The lowest BCUT2D eigenvalue weighted by molar-refractivity contribution is 0.116. The number of para-hydroxylation sites is 1. The molecular formula is C23H26F2N4O4S. The number of rotatable bonds is 9. The Kier molecular flexibility index (Phi) is 7.86. The fourth-order valence-electron chi connectivity index (χ4n) is 3.68. The summed E-state index contributed by atoms with van der Waals surface area (Å²) in [6.07, 6.45) is -1.96. The van der Waals surface area contributed by atoms with Crippen LogP contribution in [-0.2, 0) is 21.3 Å². The fraction of sp³-hybridized carbons (Fsp3) is 0.391. The van der Waals surface area contributed by atoms with Crippen molar-refractivity contribution in [3.05, 3.63) is 66.1 Å². The van der Waals surface area contributed by atoms with Crippen LogP contribution in [0.1, 0.15) is 24.3 Å². The van der Waals surface area contributed by atoms with Crippen molar-refractivity contribution in [2.75, 3.05) is 42.9 Å². The number of halogens is 2. The maximum Gasteiger partial charge on any atom is 0.314 e. The topological polar surface area (TPSA) is 88.8 Å². The normalized spacial score (nSPS) is 15.4. The summed E-state index contributed by atoms with van der Waals surface area (Å²) in [5.41, 5.74) is 1.78. The molecule has 0 radical (unpaired) electrons. The molecule has 1 saturated heterocycles. The van der Waals surface area contributed by atoms with Gasteiger partial charge in [-0.25, -0.2) is 8.42 Å². The lowest BCUT2D eigenvalue weighted by Gasteiger charge is -2.26. The van der Waals surface area contributed by atoms with Gasteiger partial charge in [-0.15, -0.1) is 10.2 Å². The minimum absolute atomic E-state index is 0.0155. The predicted molar refractivity (Wildman–Crippen MR) is 123 cm³/mol. The summed E-state index contributed by atoms with van der Waals surface area (Å²) in [6, 6.07) is 15.7. The molecule has 0 N–H and O–H groups in total. The smallest absolute Gasteiger partial charge is 0.314 e. The minimum atomic E-state index is -3.63. The van der Waals surface area contributed by atoms with Crippen LogP contribution < -0.4 is 4.31 Å². The van der Waals surface area contributed by atoms with Gasteiger partial charge in [-0.1, -0.05) is 30.3 Å². The first-order chi connectivity index (χ1) is 16.4. The third-order valence-corrected chi connectivity index (χ3v) is 7.22. The molecular weight excluding hydrogens is 466 g/mol. The Morgan fingerprint density at radius 2 is 1.76 bits per heavy atom. The Labute approximate surface area is 197 Å². The predicted octanol–water partition coefficient (Wildman–Crippen LogP) is 3.73. The second kappa shape index (κ2) is 11.0. The molecule has 4 rings (SSSR count). The van der Waals surface area contributed by atoms with Gasteiger partial charge in [0, 0.05) is 31.8 Å². The van der Waals surface area contributed by atoms with Crippen molar-refractivity contribution in [2.45, 2.75) is 19.4 Å². The monoisotopic (exact) mass is 492 g/mol. The van der Waals surface area contributed by atoms with Crippen LogP contribution in [0.4, 0.5) is 14.5 Å². The summed E-state index contributed by atoms with van der Waals surface area (Å²) in [5, 5.41) is 6.98. The van der Waals surface area contributed by atoms with Gasteiger partial charge in [0.2, 0.25) is 15.9 Å². The number of anilines is 1. The lowest BCUT2D eigenvalue weighted by Crippen LogP contribution is -2.38. The summed E-state index contributed by atoms with van der Waals surface area (Å²) in [6.45, 7) is 3.38. The van der Waals surface area contributed by atoms with Gasteiger partial charge in [-0.05, 0) is 36.2 Å². The van der Waals surface area contributed by atoms with Crippen LogP contribution in [0.25, 0.3) is 11.5 Å². The SMILES string of the molecule is O=S(=O)(CCN1CCCOCC1)N(Cc1ccc(-c2nnc(C(F)F)o2)cc1)c1ccccc1. The molecule has 0 aliphatic carbocycles. The zero-order chi connectivity index (χ0) is 24.0. The molecule has 0 atom stereocenters. The maximum absolute atomic E-state index is 13.4. The molecule has 0 spiro atoms. The van der Waals surface area contributed by atoms with E-state index in [0.29, 0.717) is 37.6 Å². The molecule has 3 aromatic rings. The molecule has 0 saturated carbocycles. The van der Waals surface area contributed by atoms with Crippen LogP contribution in [0.5, 0.6) is 0 Å². The Morgan fingerprint density at radius 1 is 1.00 bits per heavy atom. The molecule has 1 aliphatic rings. The molecule has 8 nitrogen and oxygen atoms in total. The van der Waals surface area contributed by atoms with E-state index in [1.54, 1.807) is 48.5 Å². The maximum atomic E-state index is 13.4. The molecule has 182 valence electrons. The summed E-state index contributed by atoms with van der Waals surface area (Å²) in [7, 11) is -3.63. The van der Waals surface area contributed by atoms with E-state index in [1.165, 1.54) is 4.31 Å². The average Bonchev–Trinajstić information content (AvgIpc) is 3.20. The van der Waals surface area contributed by atoms with Crippen LogP contribution in [0.3, 0.4) is 0 Å². The van der Waals surface area contributed by atoms with Gasteiger partial charge in [-0.3, -0.25) is 9.21 Å². The quantitative estimate of drug-likeness (QED) is 0.450. The molecule has 2 heterocycles. The molecule has 0 unspecified atom stereocenters. The van der Waals surface area contributed by atoms with Crippen LogP contribution >= 0.6 is 0 Å². The van der Waals surface area contributed by atoms with Crippen molar-refractivity contribution in [2.24, 2.45) is 0 Å². The van der Waals surface area contributed by atoms with Gasteiger partial charge in [0.15, 0.2) is 0 Å². The van der Waals surface area contributed by atoms with E-state index in [0.717, 1.165) is 18.5 Å². The third kappa shape index (κ3) is 6.16. The number of benzene rings is 2. The van der Waals surface area contributed by atoms with E-state index in [9.17, 15) is 17.2 Å². The highest BCUT2D eigenvalue weighted by Crippen LogP contribution is 2.25. The standard InChI is InChI=1S/C23H26F2N4O4S/c24-21(25)23-27-26-22(33-23)19-9-7-18(8-10-19)17-29(20-5-2-1-3-6-20)34(30,31)16-13-28-11-4-14-32-15-12-28/h1-3,5-10,21H,4,11-17H2. The zero-order valence-electron chi connectivity index (χ0n) is 18.5. The number of alkyl halides is 2. The van der Waals surface area contributed by atoms with Gasteiger partial charge in [0.1, 0.15) is 0 Å². The Bertz CT molecular complexity index is 1150. The van der Waals surface area contributed by atoms with E-state index in [2.05, 4.69) is 15.1 Å². The van der Waals surface area contributed by atoms with Crippen LogP contribution in [-0.4, -0.2) is 62.1 Å². The van der Waals surface area contributed by atoms with Gasteiger partial charge >= 0.3 is 6.43 Å². The Morgan fingerprint density at radius 3 is 2.47 bits per heavy atom. The van der Waals surface area contributed by atoms with Crippen molar-refractivity contribution < 1.29 is 26.4 Å². The largest absolute Gasteiger partial charge is 0.415 e. The van der Waals surface area contributed by atoms with E-state index in [-0.39, 0.29) is 18.2 Å². The van der Waals surface area contributed by atoms with Crippen molar-refractivity contribution in [1.29, 1.82) is 0 Å². The van der Waals surface area contributed by atoms with Crippen LogP contribution in [0, 0.1) is 0 Å². The van der Waals surface area contributed by atoms with E-state index >= 15 is 0 Å². The van der Waals surface area contributed by atoms with Gasteiger partial charge in [0.25, 0.3) is 5.89 Å². The van der Waals surface area contributed by atoms with Crippen molar-refractivity contribution in [1.82, 2.24) is 15.1 Å². The van der Waals surface area contributed by atoms with Crippen molar-refractivity contribution >= 4 is 15.7 Å². The molecule has 1 aliphatic heterocycles. The van der Waals surface area contributed by atoms with Gasteiger partial charge in [0.05, 0.1) is 24.6 Å². The number of nitrogens with zero attached hydrogens (tertiary/aromatic N) is 4. The van der Waals surface area contributed by atoms with Crippen LogP contribution in [0.2, 0.25) is 0 Å². The molecule has 0 bridgehead atoms. The zero-order valence-corrected chi connectivity index (χ0v) is 19.3. The number of ether oxygens (including phenoxy) is 1. The highest BCUT2D eigenvalue weighted by atomic mass is 32.2. The van der Waals surface area contributed by atoms with E-state index < -0.39 is 22.3 Å². The summed E-state index contributed by atoms with van der Waals surface area (Å²) in [4.78, 5) is 2.11. The number of aromatic nitrogens is 2. The summed E-state index contributed by atoms with van der Waals surface area (Å²) >= 11 is 0. The molecule has 1 aromatic heterocycles. The van der Waals surface area contributed by atoms with Crippen molar-refractivity contribution in [3.8, 4) is 11.5 Å². The molecule has 34 heavy (non-hydrogen) atoms. The first-order valence-corrected chi connectivity index (χ1v) is 12.6. The number of sulfonamides is 1. The first-order valence-electron chi connectivity index (χ1n) is 11.0. The third-order valence-electron chi connectivity index (χ3n) is 5.51. The average molecular weight is 493 g/mol.